The minimum absolute atomic E-state index is 0.750. The topological polar surface area (TPSA) is 38.9 Å². The molecular weight excluding hydrogens is 216 g/mol. The van der Waals surface area contributed by atoms with Gasteiger partial charge in [0, 0.05) is 16.8 Å². The van der Waals surface area contributed by atoms with Crippen molar-refractivity contribution in [2.75, 3.05) is 5.73 Å². The molecule has 0 bridgehead atoms. The molecule has 0 fully saturated rings. The Kier molecular flexibility index (Phi) is 3.47. The van der Waals surface area contributed by atoms with Crippen LogP contribution < -0.4 is 5.73 Å². The number of nitrogen functional groups attached to an aromatic ring is 1. The second-order valence-corrected chi connectivity index (χ2v) is 4.70. The highest BCUT2D eigenvalue weighted by Crippen LogP contribution is 2.26. The molecule has 0 aliphatic heterocycles. The van der Waals surface area contributed by atoms with Crippen LogP contribution in [-0.2, 0) is 5.75 Å². The quantitative estimate of drug-likeness (QED) is 0.822. The van der Waals surface area contributed by atoms with Gasteiger partial charge < -0.3 is 5.73 Å². The summed E-state index contributed by atoms with van der Waals surface area (Å²) >= 11 is 1.74. The standard InChI is InChI=1S/C13H14N2S/c1-10-2-4-11(5-3-10)9-16-13-6-7-15-8-12(13)14/h2-8H,9,14H2,1H3. The van der Waals surface area contributed by atoms with Gasteiger partial charge in [0.2, 0.25) is 0 Å². The van der Waals surface area contributed by atoms with Crippen LogP contribution in [0.4, 0.5) is 5.69 Å². The Morgan fingerprint density at radius 2 is 1.94 bits per heavy atom. The van der Waals surface area contributed by atoms with E-state index in [4.69, 9.17) is 5.73 Å². The van der Waals surface area contributed by atoms with E-state index in [1.807, 2.05) is 6.07 Å². The zero-order chi connectivity index (χ0) is 11.4. The molecular formula is C13H14N2S. The number of rotatable bonds is 3. The fourth-order valence-corrected chi connectivity index (χ4v) is 2.26. The fourth-order valence-electron chi connectivity index (χ4n) is 1.37. The molecule has 2 nitrogen and oxygen atoms in total. The summed E-state index contributed by atoms with van der Waals surface area (Å²) in [6.45, 7) is 2.10. The van der Waals surface area contributed by atoms with Gasteiger partial charge in [-0.2, -0.15) is 0 Å². The third kappa shape index (κ3) is 2.76. The van der Waals surface area contributed by atoms with Crippen LogP contribution in [-0.4, -0.2) is 4.98 Å². The van der Waals surface area contributed by atoms with Crippen LogP contribution in [0.3, 0.4) is 0 Å². The Balaban J connectivity index is 2.02. The maximum absolute atomic E-state index is 5.83. The largest absolute Gasteiger partial charge is 0.397 e. The van der Waals surface area contributed by atoms with Gasteiger partial charge in [-0.15, -0.1) is 11.8 Å². The summed E-state index contributed by atoms with van der Waals surface area (Å²) in [6.07, 6.45) is 3.46. The van der Waals surface area contributed by atoms with Crippen molar-refractivity contribution < 1.29 is 0 Å². The predicted molar refractivity (Wildman–Crippen MR) is 69.4 cm³/mol. The summed E-state index contributed by atoms with van der Waals surface area (Å²) in [6, 6.07) is 10.5. The van der Waals surface area contributed by atoms with Gasteiger partial charge in [0.1, 0.15) is 0 Å². The van der Waals surface area contributed by atoms with E-state index in [9.17, 15) is 0 Å². The predicted octanol–water partition coefficient (Wildman–Crippen LogP) is 3.26. The van der Waals surface area contributed by atoms with Crippen LogP contribution in [0.1, 0.15) is 11.1 Å². The lowest BCUT2D eigenvalue weighted by Gasteiger charge is -2.04. The lowest BCUT2D eigenvalue weighted by atomic mass is 10.2. The number of hydrogen-bond donors (Lipinski definition) is 1. The second kappa shape index (κ2) is 5.03. The van der Waals surface area contributed by atoms with Crippen molar-refractivity contribution in [3.05, 3.63) is 53.9 Å². The third-order valence-corrected chi connectivity index (χ3v) is 3.49. The number of thioether (sulfide) groups is 1. The van der Waals surface area contributed by atoms with E-state index in [0.29, 0.717) is 0 Å². The molecule has 1 aromatic carbocycles. The summed E-state index contributed by atoms with van der Waals surface area (Å²) in [5.74, 6) is 0.939. The zero-order valence-electron chi connectivity index (χ0n) is 9.18. The molecule has 0 aliphatic carbocycles. The summed E-state index contributed by atoms with van der Waals surface area (Å²) in [5, 5.41) is 0. The SMILES string of the molecule is Cc1ccc(CSc2ccncc2N)cc1. The van der Waals surface area contributed by atoms with Gasteiger partial charge in [-0.1, -0.05) is 29.8 Å². The van der Waals surface area contributed by atoms with Gasteiger partial charge in [0.25, 0.3) is 0 Å². The molecule has 16 heavy (non-hydrogen) atoms. The van der Waals surface area contributed by atoms with Gasteiger partial charge in [-0.05, 0) is 18.6 Å². The highest BCUT2D eigenvalue weighted by atomic mass is 32.2. The van der Waals surface area contributed by atoms with Gasteiger partial charge in [-0.3, -0.25) is 4.98 Å². The first-order valence-electron chi connectivity index (χ1n) is 5.13. The number of nitrogens with two attached hydrogens (primary N) is 1. The third-order valence-electron chi connectivity index (χ3n) is 2.33. The fraction of sp³-hybridized carbons (Fsp3) is 0.154. The number of nitrogens with zero attached hydrogens (tertiary/aromatic N) is 1. The number of aromatic nitrogens is 1. The average Bonchev–Trinajstić information content (AvgIpc) is 2.30. The Morgan fingerprint density at radius 3 is 2.62 bits per heavy atom. The van der Waals surface area contributed by atoms with Gasteiger partial charge in [-0.25, -0.2) is 0 Å². The van der Waals surface area contributed by atoms with Crippen LogP contribution in [0.15, 0.2) is 47.6 Å². The van der Waals surface area contributed by atoms with Gasteiger partial charge in [0.15, 0.2) is 0 Å². The summed E-state index contributed by atoms with van der Waals surface area (Å²) in [4.78, 5) is 5.07. The van der Waals surface area contributed by atoms with E-state index in [0.717, 1.165) is 16.3 Å². The van der Waals surface area contributed by atoms with E-state index < -0.39 is 0 Å². The Labute approximate surface area is 99.9 Å². The summed E-state index contributed by atoms with van der Waals surface area (Å²) in [5.41, 5.74) is 9.18. The highest BCUT2D eigenvalue weighted by Gasteiger charge is 1.99. The number of aryl methyl sites for hydroxylation is 1. The van der Waals surface area contributed by atoms with E-state index in [1.54, 1.807) is 24.2 Å². The number of anilines is 1. The molecule has 0 radical (unpaired) electrons. The molecule has 3 heteroatoms. The van der Waals surface area contributed by atoms with Crippen molar-refractivity contribution in [1.82, 2.24) is 4.98 Å². The van der Waals surface area contributed by atoms with Crippen LogP contribution in [0.2, 0.25) is 0 Å². The molecule has 0 amide bonds. The van der Waals surface area contributed by atoms with E-state index in [1.165, 1.54) is 11.1 Å². The average molecular weight is 230 g/mol. The molecule has 0 atom stereocenters. The number of hydrogen-bond acceptors (Lipinski definition) is 3. The van der Waals surface area contributed by atoms with Crippen LogP contribution in [0.5, 0.6) is 0 Å². The molecule has 0 saturated heterocycles. The molecule has 2 N–H and O–H groups in total. The van der Waals surface area contributed by atoms with Gasteiger partial charge >= 0.3 is 0 Å². The Hall–Kier alpha value is -1.48. The molecule has 2 aromatic rings. The maximum atomic E-state index is 5.83. The smallest absolute Gasteiger partial charge is 0.0638 e. The number of benzene rings is 1. The molecule has 0 spiro atoms. The van der Waals surface area contributed by atoms with Crippen molar-refractivity contribution >= 4 is 17.4 Å². The van der Waals surface area contributed by atoms with Crippen molar-refractivity contribution in [2.24, 2.45) is 0 Å². The van der Waals surface area contributed by atoms with Crippen molar-refractivity contribution in [1.29, 1.82) is 0 Å². The highest BCUT2D eigenvalue weighted by molar-refractivity contribution is 7.98. The minimum Gasteiger partial charge on any atom is -0.397 e. The molecule has 2 rings (SSSR count). The molecule has 82 valence electrons. The van der Waals surface area contributed by atoms with Crippen molar-refractivity contribution in [3.8, 4) is 0 Å². The zero-order valence-corrected chi connectivity index (χ0v) is 10.00. The first kappa shape index (κ1) is 11.0. The Bertz CT molecular complexity index is 466. The second-order valence-electron chi connectivity index (χ2n) is 3.69. The van der Waals surface area contributed by atoms with Crippen molar-refractivity contribution in [3.63, 3.8) is 0 Å². The normalized spacial score (nSPS) is 10.3. The monoisotopic (exact) mass is 230 g/mol. The van der Waals surface area contributed by atoms with E-state index in [-0.39, 0.29) is 0 Å². The van der Waals surface area contributed by atoms with Crippen molar-refractivity contribution in [2.45, 2.75) is 17.6 Å². The molecule has 1 heterocycles. The lowest BCUT2D eigenvalue weighted by molar-refractivity contribution is 1.26. The minimum atomic E-state index is 0.750. The Morgan fingerprint density at radius 1 is 1.19 bits per heavy atom. The first-order chi connectivity index (χ1) is 7.75. The molecule has 0 aliphatic rings. The molecule has 1 aromatic heterocycles. The van der Waals surface area contributed by atoms with E-state index in [2.05, 4.69) is 36.2 Å². The molecule has 0 saturated carbocycles. The van der Waals surface area contributed by atoms with Crippen LogP contribution in [0.25, 0.3) is 0 Å². The lowest BCUT2D eigenvalue weighted by Crippen LogP contribution is -1.89. The molecule has 0 unspecified atom stereocenters. The first-order valence-corrected chi connectivity index (χ1v) is 6.12. The summed E-state index contributed by atoms with van der Waals surface area (Å²) < 4.78 is 0. The van der Waals surface area contributed by atoms with Crippen LogP contribution >= 0.6 is 11.8 Å². The summed E-state index contributed by atoms with van der Waals surface area (Å²) in [7, 11) is 0. The number of pyridine rings is 1. The van der Waals surface area contributed by atoms with E-state index >= 15 is 0 Å². The van der Waals surface area contributed by atoms with Crippen LogP contribution in [0, 0.1) is 6.92 Å². The maximum Gasteiger partial charge on any atom is 0.0638 e. The van der Waals surface area contributed by atoms with Gasteiger partial charge in [0.05, 0.1) is 11.9 Å².